The summed E-state index contributed by atoms with van der Waals surface area (Å²) in [5.41, 5.74) is 0. The monoisotopic (exact) mass is 318 g/mol. The Hall–Kier alpha value is -1.64. The van der Waals surface area contributed by atoms with Gasteiger partial charge in [-0.2, -0.15) is 0 Å². The van der Waals surface area contributed by atoms with E-state index in [9.17, 15) is 13.2 Å². The molecule has 0 amide bonds. The lowest BCUT2D eigenvalue weighted by molar-refractivity contribution is 0.0702. The number of nitrogens with one attached hydrogen (secondary N) is 1. The molecule has 0 aliphatic rings. The van der Waals surface area contributed by atoms with Crippen molar-refractivity contribution in [2.24, 2.45) is 0 Å². The Bertz CT molecular complexity index is 727. The summed E-state index contributed by atoms with van der Waals surface area (Å²) in [7, 11) is -3.89. The van der Waals surface area contributed by atoms with Crippen LogP contribution in [0.4, 0.5) is 5.82 Å². The van der Waals surface area contributed by atoms with Gasteiger partial charge in [0.2, 0.25) is 0 Å². The molecule has 9 heteroatoms. The standard InChI is InChI=1S/C10H7ClN2O4S2/c11-6-2-1-5-12-9(6)13-19(16,17)8-4-3-7(18-8)10(14)15/h1-5H,(H,12,13)(H,14,15). The molecular weight excluding hydrogens is 312 g/mol. The minimum absolute atomic E-state index is 0.00515. The highest BCUT2D eigenvalue weighted by Gasteiger charge is 2.20. The molecule has 0 aliphatic heterocycles. The summed E-state index contributed by atoms with van der Waals surface area (Å²) >= 11 is 6.45. The lowest BCUT2D eigenvalue weighted by Crippen LogP contribution is -2.12. The van der Waals surface area contributed by atoms with Gasteiger partial charge >= 0.3 is 5.97 Å². The van der Waals surface area contributed by atoms with Crippen molar-refractivity contribution in [3.63, 3.8) is 0 Å². The maximum Gasteiger partial charge on any atom is 0.345 e. The van der Waals surface area contributed by atoms with E-state index >= 15 is 0 Å². The maximum absolute atomic E-state index is 12.0. The molecule has 0 fully saturated rings. The van der Waals surface area contributed by atoms with Crippen molar-refractivity contribution in [1.29, 1.82) is 0 Å². The van der Waals surface area contributed by atoms with Crippen molar-refractivity contribution in [2.75, 3.05) is 4.72 Å². The van der Waals surface area contributed by atoms with Crippen molar-refractivity contribution >= 4 is 44.7 Å². The molecule has 0 unspecified atom stereocenters. The van der Waals surface area contributed by atoms with Crippen molar-refractivity contribution in [3.8, 4) is 0 Å². The lowest BCUT2D eigenvalue weighted by Gasteiger charge is -2.06. The third-order valence-corrected chi connectivity index (χ3v) is 5.26. The van der Waals surface area contributed by atoms with Gasteiger partial charge in [-0.3, -0.25) is 4.72 Å². The average molecular weight is 319 g/mol. The van der Waals surface area contributed by atoms with Crippen LogP contribution < -0.4 is 4.72 Å². The van der Waals surface area contributed by atoms with Crippen LogP contribution in [-0.4, -0.2) is 24.5 Å². The third-order valence-electron chi connectivity index (χ3n) is 2.05. The van der Waals surface area contributed by atoms with Gasteiger partial charge in [-0.1, -0.05) is 11.6 Å². The zero-order valence-electron chi connectivity index (χ0n) is 9.20. The van der Waals surface area contributed by atoms with Crippen molar-refractivity contribution in [2.45, 2.75) is 4.21 Å². The van der Waals surface area contributed by atoms with E-state index in [1.54, 1.807) is 6.07 Å². The molecule has 2 rings (SSSR count). The maximum atomic E-state index is 12.0. The predicted octanol–water partition coefficient (Wildman–Crippen LogP) is 2.30. The molecule has 2 aromatic heterocycles. The van der Waals surface area contributed by atoms with Gasteiger partial charge in [-0.05, 0) is 24.3 Å². The summed E-state index contributed by atoms with van der Waals surface area (Å²) in [6.45, 7) is 0. The quantitative estimate of drug-likeness (QED) is 0.901. The van der Waals surface area contributed by atoms with Gasteiger partial charge in [0.1, 0.15) is 9.09 Å². The highest BCUT2D eigenvalue weighted by molar-refractivity contribution is 7.94. The highest BCUT2D eigenvalue weighted by atomic mass is 35.5. The zero-order chi connectivity index (χ0) is 14.0. The fourth-order valence-corrected chi connectivity index (χ4v) is 3.62. The Morgan fingerprint density at radius 2 is 2.11 bits per heavy atom. The van der Waals surface area contributed by atoms with Gasteiger partial charge in [-0.15, -0.1) is 11.3 Å². The van der Waals surface area contributed by atoms with Gasteiger partial charge < -0.3 is 5.11 Å². The van der Waals surface area contributed by atoms with Gasteiger partial charge in [0.15, 0.2) is 5.82 Å². The van der Waals surface area contributed by atoms with Crippen LogP contribution in [0.5, 0.6) is 0 Å². The smallest absolute Gasteiger partial charge is 0.345 e. The Kier molecular flexibility index (Phi) is 3.74. The Morgan fingerprint density at radius 3 is 2.68 bits per heavy atom. The first-order valence-corrected chi connectivity index (χ1v) is 7.54. The number of nitrogens with zero attached hydrogens (tertiary/aromatic N) is 1. The molecule has 0 bridgehead atoms. The number of halogens is 1. The molecule has 0 saturated carbocycles. The molecule has 100 valence electrons. The van der Waals surface area contributed by atoms with Crippen LogP contribution in [0.2, 0.25) is 5.02 Å². The van der Waals surface area contributed by atoms with Crippen LogP contribution >= 0.6 is 22.9 Å². The first kappa shape index (κ1) is 13.8. The number of aromatic carboxylic acids is 1. The number of carbonyl (C=O) groups is 1. The van der Waals surface area contributed by atoms with Crippen LogP contribution in [0.25, 0.3) is 0 Å². The number of hydrogen-bond donors (Lipinski definition) is 2. The van der Waals surface area contributed by atoms with Gasteiger partial charge in [-0.25, -0.2) is 18.2 Å². The topological polar surface area (TPSA) is 96.4 Å². The summed E-state index contributed by atoms with van der Waals surface area (Å²) in [6.07, 6.45) is 1.39. The van der Waals surface area contributed by atoms with E-state index in [4.69, 9.17) is 16.7 Å². The molecule has 0 radical (unpaired) electrons. The molecule has 0 aliphatic carbocycles. The number of rotatable bonds is 4. The Balaban J connectivity index is 2.32. The largest absolute Gasteiger partial charge is 0.477 e. The molecule has 6 nitrogen and oxygen atoms in total. The molecule has 2 N–H and O–H groups in total. The second-order valence-electron chi connectivity index (χ2n) is 3.36. The van der Waals surface area contributed by atoms with Crippen molar-refractivity contribution in [3.05, 3.63) is 40.4 Å². The molecule has 0 aromatic carbocycles. The van der Waals surface area contributed by atoms with Gasteiger partial charge in [0.05, 0.1) is 5.02 Å². The second-order valence-corrected chi connectivity index (χ2v) is 6.76. The fourth-order valence-electron chi connectivity index (χ4n) is 1.22. The number of aromatic nitrogens is 1. The molecule has 2 heterocycles. The lowest BCUT2D eigenvalue weighted by atomic mass is 10.5. The van der Waals surface area contributed by atoms with E-state index in [1.165, 1.54) is 24.4 Å². The van der Waals surface area contributed by atoms with Crippen LogP contribution in [0.15, 0.2) is 34.7 Å². The predicted molar refractivity (Wildman–Crippen MR) is 71.3 cm³/mol. The summed E-state index contributed by atoms with van der Waals surface area (Å²) in [5, 5.41) is 8.91. The molecular formula is C10H7ClN2O4S2. The number of sulfonamides is 1. The van der Waals surface area contributed by atoms with E-state index < -0.39 is 16.0 Å². The summed E-state index contributed by atoms with van der Waals surface area (Å²) in [5.74, 6) is -1.18. The number of hydrogen-bond acceptors (Lipinski definition) is 5. The average Bonchev–Trinajstić information content (AvgIpc) is 2.82. The van der Waals surface area contributed by atoms with E-state index in [0.29, 0.717) is 11.3 Å². The molecule has 0 atom stereocenters. The van der Waals surface area contributed by atoms with Crippen LogP contribution in [0, 0.1) is 0 Å². The first-order valence-electron chi connectivity index (χ1n) is 4.86. The normalized spacial score (nSPS) is 11.2. The number of pyridine rings is 1. The minimum Gasteiger partial charge on any atom is -0.477 e. The summed E-state index contributed by atoms with van der Waals surface area (Å²) in [6, 6.07) is 5.49. The Labute approximate surface area is 117 Å². The second kappa shape index (κ2) is 5.16. The van der Waals surface area contributed by atoms with Crippen molar-refractivity contribution < 1.29 is 18.3 Å². The number of carboxylic acids is 1. The van der Waals surface area contributed by atoms with Crippen LogP contribution in [0.3, 0.4) is 0 Å². The number of thiophene rings is 1. The van der Waals surface area contributed by atoms with Crippen LogP contribution in [0.1, 0.15) is 9.67 Å². The molecule has 0 spiro atoms. The van der Waals surface area contributed by atoms with Gasteiger partial charge in [0.25, 0.3) is 10.0 Å². The SMILES string of the molecule is O=C(O)c1ccc(S(=O)(=O)Nc2ncccc2Cl)s1. The zero-order valence-corrected chi connectivity index (χ0v) is 11.6. The fraction of sp³-hybridized carbons (Fsp3) is 0. The van der Waals surface area contributed by atoms with Crippen molar-refractivity contribution in [1.82, 2.24) is 4.98 Å². The third kappa shape index (κ3) is 3.03. The van der Waals surface area contributed by atoms with E-state index in [0.717, 1.165) is 0 Å². The van der Waals surface area contributed by atoms with Crippen LogP contribution in [-0.2, 0) is 10.0 Å². The molecule has 2 aromatic rings. The Morgan fingerprint density at radius 1 is 1.37 bits per heavy atom. The molecule has 19 heavy (non-hydrogen) atoms. The van der Waals surface area contributed by atoms with E-state index in [-0.39, 0.29) is 19.9 Å². The number of carboxylic acid groups (broad SMARTS) is 1. The number of anilines is 1. The minimum atomic E-state index is -3.89. The highest BCUT2D eigenvalue weighted by Crippen LogP contribution is 2.26. The van der Waals surface area contributed by atoms with E-state index in [2.05, 4.69) is 9.71 Å². The molecule has 0 saturated heterocycles. The summed E-state index contributed by atoms with van der Waals surface area (Å²) in [4.78, 5) is 14.4. The van der Waals surface area contributed by atoms with Gasteiger partial charge in [0, 0.05) is 6.20 Å². The summed E-state index contributed by atoms with van der Waals surface area (Å²) < 4.78 is 26.1. The first-order chi connectivity index (χ1) is 8.90. The van der Waals surface area contributed by atoms with E-state index in [1.807, 2.05) is 0 Å².